The molecule has 172 valence electrons. The molecule has 3 aromatic carbocycles. The second-order valence-electron chi connectivity index (χ2n) is 7.66. The fourth-order valence-corrected chi connectivity index (χ4v) is 4.53. The highest BCUT2D eigenvalue weighted by Crippen LogP contribution is 2.23. The number of aryl methyl sites for hydroxylation is 3. The zero-order valence-corrected chi connectivity index (χ0v) is 19.7. The van der Waals surface area contributed by atoms with Crippen LogP contribution >= 0.6 is 0 Å². The molecule has 1 amide bonds. The molecule has 3 aromatic rings. The van der Waals surface area contributed by atoms with E-state index < -0.39 is 21.9 Å². The maximum atomic E-state index is 13.0. The van der Waals surface area contributed by atoms with Gasteiger partial charge in [0.25, 0.3) is 15.9 Å². The lowest BCUT2D eigenvalue weighted by Gasteiger charge is -2.13. The Morgan fingerprint density at radius 2 is 1.52 bits per heavy atom. The number of carbonyl (C=O) groups excluding carboxylic acids is 2. The van der Waals surface area contributed by atoms with Gasteiger partial charge < -0.3 is 10.1 Å². The summed E-state index contributed by atoms with van der Waals surface area (Å²) in [6.07, 6.45) is 0. The Balaban J connectivity index is 1.83. The van der Waals surface area contributed by atoms with Crippen LogP contribution in [0.15, 0.2) is 65.6 Å². The Bertz CT molecular complexity index is 1300. The van der Waals surface area contributed by atoms with Crippen molar-refractivity contribution >= 4 is 33.3 Å². The topological polar surface area (TPSA) is 102 Å². The Hall–Kier alpha value is -3.65. The van der Waals surface area contributed by atoms with Gasteiger partial charge in [0.1, 0.15) is 0 Å². The number of esters is 1. The van der Waals surface area contributed by atoms with E-state index in [-0.39, 0.29) is 17.1 Å². The summed E-state index contributed by atoms with van der Waals surface area (Å²) >= 11 is 0. The predicted molar refractivity (Wildman–Crippen MR) is 128 cm³/mol. The van der Waals surface area contributed by atoms with Gasteiger partial charge in [-0.1, -0.05) is 23.8 Å². The van der Waals surface area contributed by atoms with Gasteiger partial charge in [0.05, 0.1) is 17.1 Å². The molecule has 33 heavy (non-hydrogen) atoms. The quantitative estimate of drug-likeness (QED) is 0.485. The lowest BCUT2D eigenvalue weighted by molar-refractivity contribution is 0.0526. The van der Waals surface area contributed by atoms with Crippen molar-refractivity contribution in [2.45, 2.75) is 32.6 Å². The van der Waals surface area contributed by atoms with Crippen LogP contribution in [0.1, 0.15) is 44.3 Å². The van der Waals surface area contributed by atoms with E-state index in [1.807, 2.05) is 19.1 Å². The van der Waals surface area contributed by atoms with Crippen molar-refractivity contribution in [2.24, 2.45) is 0 Å². The van der Waals surface area contributed by atoms with Gasteiger partial charge >= 0.3 is 5.97 Å². The third-order valence-corrected chi connectivity index (χ3v) is 6.55. The standard InChI is InChI=1S/C25H26N2O5S/c1-5-32-25(29)20-10-13-22(18(4)14-20)26-24(28)19-9-8-17(3)23(15-19)33(30,31)27-21-11-6-16(2)7-12-21/h6-15,27H,5H2,1-4H3,(H,26,28). The minimum Gasteiger partial charge on any atom is -0.462 e. The average Bonchev–Trinajstić information content (AvgIpc) is 2.76. The largest absolute Gasteiger partial charge is 0.462 e. The molecule has 0 unspecified atom stereocenters. The third kappa shape index (κ3) is 5.78. The molecule has 2 N–H and O–H groups in total. The molecular weight excluding hydrogens is 440 g/mol. The van der Waals surface area contributed by atoms with Crippen LogP contribution < -0.4 is 10.0 Å². The second-order valence-corrected chi connectivity index (χ2v) is 9.31. The first kappa shape index (κ1) is 24.0. The fourth-order valence-electron chi connectivity index (χ4n) is 3.20. The van der Waals surface area contributed by atoms with Crippen LogP contribution in [0, 0.1) is 20.8 Å². The molecule has 7 nitrogen and oxygen atoms in total. The lowest BCUT2D eigenvalue weighted by Crippen LogP contribution is -2.17. The molecule has 0 aliphatic rings. The van der Waals surface area contributed by atoms with Crippen molar-refractivity contribution < 1.29 is 22.7 Å². The Labute approximate surface area is 193 Å². The number of amides is 1. The summed E-state index contributed by atoms with van der Waals surface area (Å²) < 4.78 is 33.5. The third-order valence-electron chi connectivity index (χ3n) is 5.03. The van der Waals surface area contributed by atoms with Crippen molar-refractivity contribution in [3.05, 3.63) is 88.5 Å². The second kappa shape index (κ2) is 9.87. The molecule has 0 bridgehead atoms. The van der Waals surface area contributed by atoms with E-state index in [0.29, 0.717) is 28.1 Å². The Morgan fingerprint density at radius 3 is 2.15 bits per heavy atom. The van der Waals surface area contributed by atoms with Crippen molar-refractivity contribution in [1.82, 2.24) is 0 Å². The van der Waals surface area contributed by atoms with Crippen LogP contribution in [0.3, 0.4) is 0 Å². The number of benzene rings is 3. The fraction of sp³-hybridized carbons (Fsp3) is 0.200. The van der Waals surface area contributed by atoms with E-state index >= 15 is 0 Å². The molecule has 3 rings (SSSR count). The highest BCUT2D eigenvalue weighted by atomic mass is 32.2. The van der Waals surface area contributed by atoms with Crippen LogP contribution in [0.2, 0.25) is 0 Å². The molecule has 0 radical (unpaired) electrons. The highest BCUT2D eigenvalue weighted by Gasteiger charge is 2.20. The van der Waals surface area contributed by atoms with Crippen LogP contribution in [0.5, 0.6) is 0 Å². The summed E-state index contributed by atoms with van der Waals surface area (Å²) in [4.78, 5) is 24.8. The molecule has 0 aliphatic carbocycles. The SMILES string of the molecule is CCOC(=O)c1ccc(NC(=O)c2ccc(C)c(S(=O)(=O)Nc3ccc(C)cc3)c2)c(C)c1. The number of hydrogen-bond donors (Lipinski definition) is 2. The number of ether oxygens (including phenoxy) is 1. The van der Waals surface area contributed by atoms with E-state index in [1.165, 1.54) is 6.07 Å². The molecule has 0 saturated carbocycles. The number of rotatable bonds is 7. The predicted octanol–water partition coefficient (Wildman–Crippen LogP) is 4.84. The van der Waals surface area contributed by atoms with E-state index in [1.54, 1.807) is 63.2 Å². The average molecular weight is 467 g/mol. The van der Waals surface area contributed by atoms with E-state index in [2.05, 4.69) is 10.0 Å². The first-order valence-corrected chi connectivity index (χ1v) is 11.9. The molecular formula is C25H26N2O5S. The van der Waals surface area contributed by atoms with Crippen molar-refractivity contribution in [1.29, 1.82) is 0 Å². The molecule has 0 heterocycles. The first-order valence-electron chi connectivity index (χ1n) is 10.4. The molecule has 0 atom stereocenters. The summed E-state index contributed by atoms with van der Waals surface area (Å²) in [5.41, 5.74) is 3.73. The number of hydrogen-bond acceptors (Lipinski definition) is 5. The zero-order chi connectivity index (χ0) is 24.2. The van der Waals surface area contributed by atoms with Gasteiger partial charge in [-0.05, 0) is 81.3 Å². The molecule has 0 saturated heterocycles. The number of anilines is 2. The maximum Gasteiger partial charge on any atom is 0.338 e. The molecule has 0 fully saturated rings. The monoisotopic (exact) mass is 466 g/mol. The summed E-state index contributed by atoms with van der Waals surface area (Å²) in [5.74, 6) is -0.901. The molecule has 8 heteroatoms. The van der Waals surface area contributed by atoms with Gasteiger partial charge in [-0.15, -0.1) is 0 Å². The maximum absolute atomic E-state index is 13.0. The van der Waals surface area contributed by atoms with Crippen LogP contribution in [-0.2, 0) is 14.8 Å². The number of sulfonamides is 1. The molecule has 0 spiro atoms. The van der Waals surface area contributed by atoms with Crippen LogP contribution in [0.25, 0.3) is 0 Å². The molecule has 0 aliphatic heterocycles. The lowest BCUT2D eigenvalue weighted by atomic mass is 10.1. The minimum atomic E-state index is -3.90. The van der Waals surface area contributed by atoms with Crippen LogP contribution in [0.4, 0.5) is 11.4 Å². The van der Waals surface area contributed by atoms with Gasteiger partial charge in [-0.25, -0.2) is 13.2 Å². The van der Waals surface area contributed by atoms with Crippen molar-refractivity contribution in [2.75, 3.05) is 16.6 Å². The van der Waals surface area contributed by atoms with E-state index in [0.717, 1.165) is 5.56 Å². The van der Waals surface area contributed by atoms with Gasteiger partial charge in [0, 0.05) is 16.9 Å². The number of carbonyl (C=O) groups is 2. The van der Waals surface area contributed by atoms with E-state index in [4.69, 9.17) is 4.74 Å². The summed E-state index contributed by atoms with van der Waals surface area (Å²) in [6, 6.07) is 16.3. The summed E-state index contributed by atoms with van der Waals surface area (Å²) in [6.45, 7) is 7.34. The first-order chi connectivity index (χ1) is 15.6. The number of nitrogens with one attached hydrogen (secondary N) is 2. The van der Waals surface area contributed by atoms with Crippen molar-refractivity contribution in [3.8, 4) is 0 Å². The van der Waals surface area contributed by atoms with Crippen molar-refractivity contribution in [3.63, 3.8) is 0 Å². The van der Waals surface area contributed by atoms with Gasteiger partial charge in [0.2, 0.25) is 0 Å². The van der Waals surface area contributed by atoms with Gasteiger partial charge in [-0.3, -0.25) is 9.52 Å². The summed E-state index contributed by atoms with van der Waals surface area (Å²) in [5, 5.41) is 2.77. The highest BCUT2D eigenvalue weighted by molar-refractivity contribution is 7.92. The molecule has 0 aromatic heterocycles. The summed E-state index contributed by atoms with van der Waals surface area (Å²) in [7, 11) is -3.90. The van der Waals surface area contributed by atoms with Gasteiger partial charge in [-0.2, -0.15) is 0 Å². The normalized spacial score (nSPS) is 11.0. The van der Waals surface area contributed by atoms with E-state index in [9.17, 15) is 18.0 Å². The van der Waals surface area contributed by atoms with Crippen LogP contribution in [-0.4, -0.2) is 26.9 Å². The van der Waals surface area contributed by atoms with Gasteiger partial charge in [0.15, 0.2) is 0 Å². The minimum absolute atomic E-state index is 0.0186. The zero-order valence-electron chi connectivity index (χ0n) is 18.9. The Morgan fingerprint density at radius 1 is 0.848 bits per heavy atom. The smallest absolute Gasteiger partial charge is 0.338 e. The Kier molecular flexibility index (Phi) is 7.18.